The molecule has 2 aromatic carbocycles. The zero-order valence-electron chi connectivity index (χ0n) is 15.7. The molecule has 2 aromatic heterocycles. The van der Waals surface area contributed by atoms with Gasteiger partial charge in [-0.1, -0.05) is 36.4 Å². The molecule has 0 radical (unpaired) electrons. The van der Waals surface area contributed by atoms with Gasteiger partial charge in [0.15, 0.2) is 21.9 Å². The molecule has 144 valence electrons. The number of amides is 1. The molecule has 7 heteroatoms. The summed E-state index contributed by atoms with van der Waals surface area (Å²) in [6.45, 7) is 3.12. The van der Waals surface area contributed by atoms with Gasteiger partial charge in [0.1, 0.15) is 11.5 Å². The maximum absolute atomic E-state index is 12.9. The molecule has 0 saturated carbocycles. The molecular weight excluding hydrogens is 388 g/mol. The Morgan fingerprint density at radius 3 is 2.52 bits per heavy atom. The zero-order valence-corrected chi connectivity index (χ0v) is 16.5. The third-order valence-electron chi connectivity index (χ3n) is 4.51. The van der Waals surface area contributed by atoms with Gasteiger partial charge in [0.25, 0.3) is 5.91 Å². The lowest BCUT2D eigenvalue weighted by molar-refractivity contribution is 0.100. The van der Waals surface area contributed by atoms with Gasteiger partial charge in [-0.15, -0.1) is 11.3 Å². The molecule has 0 fully saturated rings. The van der Waals surface area contributed by atoms with E-state index in [1.54, 1.807) is 30.5 Å². The van der Waals surface area contributed by atoms with Crippen LogP contribution in [0, 0.1) is 6.92 Å². The Morgan fingerprint density at radius 1 is 1.07 bits per heavy atom. The Morgan fingerprint density at radius 2 is 1.83 bits per heavy atom. The molecule has 0 spiro atoms. The topological polar surface area (TPSA) is 89.3 Å². The van der Waals surface area contributed by atoms with Crippen molar-refractivity contribution in [1.29, 1.82) is 0 Å². The molecule has 0 unspecified atom stereocenters. The summed E-state index contributed by atoms with van der Waals surface area (Å²) in [7, 11) is 0. The number of anilines is 1. The minimum Gasteiger partial charge on any atom is -0.455 e. The van der Waals surface area contributed by atoms with Gasteiger partial charge in [0.05, 0.1) is 10.9 Å². The number of benzene rings is 2. The Labute approximate surface area is 169 Å². The minimum atomic E-state index is -0.467. The van der Waals surface area contributed by atoms with Crippen molar-refractivity contribution in [2.75, 3.05) is 5.32 Å². The highest BCUT2D eigenvalue weighted by molar-refractivity contribution is 7.14. The second-order valence-corrected chi connectivity index (χ2v) is 7.34. The standard InChI is InChI=1S/C22H16N2O4S/c1-12-18(26)15-9-6-10-16(20(15)28-19(12)14-7-4-3-5-8-14)21(27)24-22-23-17(11-29-22)13(2)25/h3-11H,1-2H3,(H,23,24,27). The van der Waals surface area contributed by atoms with E-state index in [1.807, 2.05) is 30.3 Å². The number of fused-ring (bicyclic) bond motifs is 1. The molecule has 2 heterocycles. The number of nitrogens with one attached hydrogen (secondary N) is 1. The highest BCUT2D eigenvalue weighted by Gasteiger charge is 2.19. The third kappa shape index (κ3) is 3.48. The summed E-state index contributed by atoms with van der Waals surface area (Å²) in [6, 6.07) is 14.1. The van der Waals surface area contributed by atoms with E-state index in [9.17, 15) is 14.4 Å². The molecule has 0 atom stereocenters. The number of carbonyl (C=O) groups excluding carboxylic acids is 2. The SMILES string of the molecule is CC(=O)c1csc(NC(=O)c2cccc3c(=O)c(C)c(-c4ccccc4)oc23)n1. The summed E-state index contributed by atoms with van der Waals surface area (Å²) < 4.78 is 6.06. The predicted octanol–water partition coefficient (Wildman–Crippen LogP) is 4.68. The van der Waals surface area contributed by atoms with E-state index in [1.165, 1.54) is 6.92 Å². The molecule has 4 aromatic rings. The molecule has 0 saturated heterocycles. The normalized spacial score (nSPS) is 10.8. The minimum absolute atomic E-state index is 0.180. The molecule has 0 aliphatic rings. The molecule has 4 rings (SSSR count). The maximum Gasteiger partial charge on any atom is 0.261 e. The van der Waals surface area contributed by atoms with E-state index in [2.05, 4.69) is 10.3 Å². The maximum atomic E-state index is 12.9. The van der Waals surface area contributed by atoms with Crippen LogP contribution in [-0.4, -0.2) is 16.7 Å². The van der Waals surface area contributed by atoms with Crippen molar-refractivity contribution in [2.45, 2.75) is 13.8 Å². The van der Waals surface area contributed by atoms with E-state index in [4.69, 9.17) is 4.42 Å². The number of Topliss-reactive ketones (excluding diaryl/α,β-unsaturated/α-hetero) is 1. The molecule has 29 heavy (non-hydrogen) atoms. The van der Waals surface area contributed by atoms with Crippen molar-refractivity contribution in [3.8, 4) is 11.3 Å². The van der Waals surface area contributed by atoms with Crippen molar-refractivity contribution >= 4 is 39.1 Å². The van der Waals surface area contributed by atoms with Crippen molar-refractivity contribution in [3.63, 3.8) is 0 Å². The fraction of sp³-hybridized carbons (Fsp3) is 0.0909. The van der Waals surface area contributed by atoms with Crippen LogP contribution in [0.2, 0.25) is 0 Å². The number of carbonyl (C=O) groups is 2. The molecular formula is C22H16N2O4S. The monoisotopic (exact) mass is 404 g/mol. The largest absolute Gasteiger partial charge is 0.455 e. The van der Waals surface area contributed by atoms with Crippen LogP contribution in [0.5, 0.6) is 0 Å². The smallest absolute Gasteiger partial charge is 0.261 e. The Balaban J connectivity index is 1.82. The van der Waals surface area contributed by atoms with Crippen LogP contribution in [0.15, 0.2) is 63.1 Å². The highest BCUT2D eigenvalue weighted by atomic mass is 32.1. The Hall–Kier alpha value is -3.58. The first-order chi connectivity index (χ1) is 14.0. The lowest BCUT2D eigenvalue weighted by atomic mass is 10.0. The van der Waals surface area contributed by atoms with Crippen LogP contribution < -0.4 is 10.7 Å². The molecule has 1 amide bonds. The molecule has 0 aliphatic heterocycles. The first-order valence-corrected chi connectivity index (χ1v) is 9.73. The summed E-state index contributed by atoms with van der Waals surface area (Å²) in [5.74, 6) is -0.219. The summed E-state index contributed by atoms with van der Waals surface area (Å²) in [4.78, 5) is 41.3. The highest BCUT2D eigenvalue weighted by Crippen LogP contribution is 2.28. The van der Waals surface area contributed by atoms with Gasteiger partial charge in [-0.25, -0.2) is 4.98 Å². The summed E-state index contributed by atoms with van der Waals surface area (Å²) >= 11 is 1.16. The van der Waals surface area contributed by atoms with Crippen molar-refractivity contribution < 1.29 is 14.0 Å². The van der Waals surface area contributed by atoms with E-state index in [0.29, 0.717) is 21.8 Å². The zero-order chi connectivity index (χ0) is 20.5. The molecule has 6 nitrogen and oxygen atoms in total. The number of ketones is 1. The van der Waals surface area contributed by atoms with Crippen LogP contribution in [0.25, 0.3) is 22.3 Å². The number of aromatic nitrogens is 1. The quantitative estimate of drug-likeness (QED) is 0.499. The van der Waals surface area contributed by atoms with Gasteiger partial charge in [-0.05, 0) is 19.1 Å². The van der Waals surface area contributed by atoms with Crippen molar-refractivity contribution in [1.82, 2.24) is 4.98 Å². The van der Waals surface area contributed by atoms with Gasteiger partial charge in [0, 0.05) is 23.4 Å². The first kappa shape index (κ1) is 18.8. The molecule has 1 N–H and O–H groups in total. The van der Waals surface area contributed by atoms with E-state index in [0.717, 1.165) is 16.9 Å². The fourth-order valence-corrected chi connectivity index (χ4v) is 3.76. The van der Waals surface area contributed by atoms with Gasteiger partial charge < -0.3 is 4.42 Å². The van der Waals surface area contributed by atoms with Crippen molar-refractivity contribution in [3.05, 3.63) is 81.0 Å². The van der Waals surface area contributed by atoms with Gasteiger partial charge in [0.2, 0.25) is 0 Å². The average molecular weight is 404 g/mol. The molecule has 0 aliphatic carbocycles. The molecule has 0 bridgehead atoms. The van der Waals surface area contributed by atoms with Crippen molar-refractivity contribution in [2.24, 2.45) is 0 Å². The lowest BCUT2D eigenvalue weighted by Gasteiger charge is -2.10. The lowest BCUT2D eigenvalue weighted by Crippen LogP contribution is -2.15. The second-order valence-electron chi connectivity index (χ2n) is 6.48. The number of hydrogen-bond acceptors (Lipinski definition) is 6. The number of rotatable bonds is 4. The van der Waals surface area contributed by atoms with Crippen LogP contribution in [0.4, 0.5) is 5.13 Å². The van der Waals surface area contributed by atoms with Crippen LogP contribution in [0.1, 0.15) is 33.3 Å². The second kappa shape index (κ2) is 7.44. The first-order valence-electron chi connectivity index (χ1n) is 8.85. The summed E-state index contributed by atoms with van der Waals surface area (Å²) in [5, 5.41) is 4.89. The Kier molecular flexibility index (Phi) is 4.82. The predicted molar refractivity (Wildman–Crippen MR) is 113 cm³/mol. The van der Waals surface area contributed by atoms with Crippen LogP contribution in [0.3, 0.4) is 0 Å². The van der Waals surface area contributed by atoms with Gasteiger partial charge in [-0.2, -0.15) is 0 Å². The van der Waals surface area contributed by atoms with Crippen LogP contribution >= 0.6 is 11.3 Å². The van der Waals surface area contributed by atoms with E-state index in [-0.39, 0.29) is 28.1 Å². The number of nitrogens with zero attached hydrogens (tertiary/aromatic N) is 1. The fourth-order valence-electron chi connectivity index (χ4n) is 3.01. The summed E-state index contributed by atoms with van der Waals surface area (Å²) in [5.41, 5.74) is 1.77. The number of hydrogen-bond donors (Lipinski definition) is 1. The van der Waals surface area contributed by atoms with Crippen LogP contribution in [-0.2, 0) is 0 Å². The van der Waals surface area contributed by atoms with Gasteiger partial charge in [-0.3, -0.25) is 19.7 Å². The van der Waals surface area contributed by atoms with Gasteiger partial charge >= 0.3 is 0 Å². The number of para-hydroxylation sites is 1. The third-order valence-corrected chi connectivity index (χ3v) is 5.27. The number of thiazole rings is 1. The van der Waals surface area contributed by atoms with E-state index >= 15 is 0 Å². The summed E-state index contributed by atoms with van der Waals surface area (Å²) in [6.07, 6.45) is 0. The Bertz CT molecular complexity index is 1310. The van der Waals surface area contributed by atoms with E-state index < -0.39 is 5.91 Å². The average Bonchev–Trinajstić information content (AvgIpc) is 3.19.